The number of pyridine rings is 1. The molecule has 104 valence electrons. The predicted molar refractivity (Wildman–Crippen MR) is 76.5 cm³/mol. The molecule has 0 aliphatic carbocycles. The van der Waals surface area contributed by atoms with Crippen molar-refractivity contribution in [1.29, 1.82) is 0 Å². The standard InChI is InChI=1S/C12H16Cl2N4O/c13-10-7-9(8-11(14)16-10)15-12(19)17-18-5-3-1-2-4-6-18/h7-8H,1-6H2,(H2,15,16,17,19). The summed E-state index contributed by atoms with van der Waals surface area (Å²) in [7, 11) is 0. The number of rotatable bonds is 2. The Morgan fingerprint density at radius 2 is 1.68 bits per heavy atom. The Morgan fingerprint density at radius 1 is 1.11 bits per heavy atom. The van der Waals surface area contributed by atoms with Gasteiger partial charge in [0.25, 0.3) is 0 Å². The summed E-state index contributed by atoms with van der Waals surface area (Å²) in [6.45, 7) is 1.76. The molecule has 2 rings (SSSR count). The third-order valence-corrected chi connectivity index (χ3v) is 3.27. The van der Waals surface area contributed by atoms with E-state index in [0.717, 1.165) is 25.9 Å². The Balaban J connectivity index is 1.89. The van der Waals surface area contributed by atoms with Crippen LogP contribution >= 0.6 is 23.2 Å². The van der Waals surface area contributed by atoms with Gasteiger partial charge in [0.05, 0.1) is 0 Å². The quantitative estimate of drug-likeness (QED) is 0.824. The summed E-state index contributed by atoms with van der Waals surface area (Å²) in [4.78, 5) is 15.7. The Morgan fingerprint density at radius 3 is 2.26 bits per heavy atom. The van der Waals surface area contributed by atoms with Crippen molar-refractivity contribution >= 4 is 34.9 Å². The monoisotopic (exact) mass is 302 g/mol. The van der Waals surface area contributed by atoms with Crippen molar-refractivity contribution in [2.75, 3.05) is 18.4 Å². The molecule has 5 nitrogen and oxygen atoms in total. The minimum atomic E-state index is -0.291. The highest BCUT2D eigenvalue weighted by Crippen LogP contribution is 2.18. The summed E-state index contributed by atoms with van der Waals surface area (Å²) in [5, 5.41) is 5.12. The lowest BCUT2D eigenvalue weighted by molar-refractivity contribution is 0.190. The van der Waals surface area contributed by atoms with Crippen molar-refractivity contribution in [2.45, 2.75) is 25.7 Å². The second kappa shape index (κ2) is 6.93. The van der Waals surface area contributed by atoms with Gasteiger partial charge in [0.1, 0.15) is 10.3 Å². The van der Waals surface area contributed by atoms with Crippen LogP contribution in [0.4, 0.5) is 10.5 Å². The lowest BCUT2D eigenvalue weighted by Gasteiger charge is -2.21. The maximum absolute atomic E-state index is 11.8. The van der Waals surface area contributed by atoms with Crippen molar-refractivity contribution in [3.8, 4) is 0 Å². The summed E-state index contributed by atoms with van der Waals surface area (Å²) in [6.07, 6.45) is 4.64. The number of carbonyl (C=O) groups is 1. The number of amides is 2. The van der Waals surface area contributed by atoms with Gasteiger partial charge in [0.15, 0.2) is 0 Å². The van der Waals surface area contributed by atoms with Crippen LogP contribution in [0.3, 0.4) is 0 Å². The molecule has 0 saturated carbocycles. The number of hydrogen-bond acceptors (Lipinski definition) is 3. The number of halogens is 2. The Kier molecular flexibility index (Phi) is 5.24. The third-order valence-electron chi connectivity index (χ3n) is 2.89. The van der Waals surface area contributed by atoms with E-state index in [1.54, 1.807) is 12.1 Å². The molecule has 0 unspecified atom stereocenters. The molecule has 1 aromatic heterocycles. The van der Waals surface area contributed by atoms with Crippen molar-refractivity contribution < 1.29 is 4.79 Å². The number of nitrogens with one attached hydrogen (secondary N) is 2. The van der Waals surface area contributed by atoms with Crippen molar-refractivity contribution in [1.82, 2.24) is 15.4 Å². The second-order valence-electron chi connectivity index (χ2n) is 4.47. The van der Waals surface area contributed by atoms with Gasteiger partial charge in [-0.1, -0.05) is 36.0 Å². The smallest absolute Gasteiger partial charge is 0.307 e. The molecule has 1 aliphatic rings. The first-order valence-corrected chi connectivity index (χ1v) is 7.05. The zero-order valence-electron chi connectivity index (χ0n) is 10.5. The average molecular weight is 303 g/mol. The van der Waals surface area contributed by atoms with E-state index in [2.05, 4.69) is 15.7 Å². The maximum atomic E-state index is 11.8. The van der Waals surface area contributed by atoms with Gasteiger partial charge >= 0.3 is 6.03 Å². The lowest BCUT2D eigenvalue weighted by atomic mass is 10.2. The molecule has 1 saturated heterocycles. The van der Waals surface area contributed by atoms with Gasteiger partial charge < -0.3 is 5.32 Å². The molecule has 1 fully saturated rings. The number of carbonyl (C=O) groups excluding carboxylic acids is 1. The largest absolute Gasteiger partial charge is 0.333 e. The van der Waals surface area contributed by atoms with Crippen LogP contribution in [0.5, 0.6) is 0 Å². The molecule has 1 aliphatic heterocycles. The van der Waals surface area contributed by atoms with Gasteiger partial charge in [-0.3, -0.25) is 5.43 Å². The van der Waals surface area contributed by atoms with Crippen LogP contribution in [-0.2, 0) is 0 Å². The van der Waals surface area contributed by atoms with Crippen LogP contribution in [0.1, 0.15) is 25.7 Å². The van der Waals surface area contributed by atoms with E-state index in [4.69, 9.17) is 23.2 Å². The maximum Gasteiger partial charge on any atom is 0.333 e. The van der Waals surface area contributed by atoms with Crippen molar-refractivity contribution in [2.24, 2.45) is 0 Å². The fraction of sp³-hybridized carbons (Fsp3) is 0.500. The summed E-state index contributed by atoms with van der Waals surface area (Å²) >= 11 is 11.5. The van der Waals surface area contributed by atoms with Crippen LogP contribution < -0.4 is 10.7 Å². The first-order chi connectivity index (χ1) is 9.13. The molecule has 19 heavy (non-hydrogen) atoms. The van der Waals surface area contributed by atoms with Gasteiger partial charge in [-0.2, -0.15) is 0 Å². The normalized spacial score (nSPS) is 16.7. The van der Waals surface area contributed by atoms with Gasteiger partial charge in [-0.15, -0.1) is 0 Å². The number of nitrogens with zero attached hydrogens (tertiary/aromatic N) is 2. The van der Waals surface area contributed by atoms with E-state index in [9.17, 15) is 4.79 Å². The van der Waals surface area contributed by atoms with Crippen molar-refractivity contribution in [3.05, 3.63) is 22.4 Å². The molecule has 0 bridgehead atoms. The number of hydrazine groups is 1. The number of aromatic nitrogens is 1. The van der Waals surface area contributed by atoms with E-state index >= 15 is 0 Å². The molecule has 7 heteroatoms. The third kappa shape index (κ3) is 4.86. The number of urea groups is 1. The van der Waals surface area contributed by atoms with Gasteiger partial charge in [-0.25, -0.2) is 14.8 Å². The molecular weight excluding hydrogens is 287 g/mol. The van der Waals surface area contributed by atoms with Gasteiger partial charge in [-0.05, 0) is 25.0 Å². The molecule has 2 amide bonds. The molecule has 2 N–H and O–H groups in total. The van der Waals surface area contributed by atoms with Crippen LogP contribution in [0.25, 0.3) is 0 Å². The Bertz CT molecular complexity index is 427. The van der Waals surface area contributed by atoms with Crippen LogP contribution in [-0.4, -0.2) is 29.1 Å². The second-order valence-corrected chi connectivity index (χ2v) is 5.24. The molecule has 2 heterocycles. The first-order valence-electron chi connectivity index (χ1n) is 6.29. The molecule has 0 radical (unpaired) electrons. The molecule has 0 spiro atoms. The van der Waals surface area contributed by atoms with Crippen LogP contribution in [0.15, 0.2) is 12.1 Å². The zero-order valence-corrected chi connectivity index (χ0v) is 12.0. The molecule has 0 aromatic carbocycles. The Labute approximate surface area is 122 Å². The van der Waals surface area contributed by atoms with Crippen LogP contribution in [0, 0.1) is 0 Å². The minimum Gasteiger partial charge on any atom is -0.307 e. The predicted octanol–water partition coefficient (Wildman–Crippen LogP) is 3.30. The minimum absolute atomic E-state index is 0.248. The topological polar surface area (TPSA) is 57.3 Å². The van der Waals surface area contributed by atoms with Crippen LogP contribution in [0.2, 0.25) is 10.3 Å². The number of anilines is 1. The summed E-state index contributed by atoms with van der Waals surface area (Å²) in [5.74, 6) is 0. The van der Waals surface area contributed by atoms with Crippen molar-refractivity contribution in [3.63, 3.8) is 0 Å². The van der Waals surface area contributed by atoms with E-state index in [-0.39, 0.29) is 16.3 Å². The Hall–Kier alpha value is -1.04. The molecule has 0 atom stereocenters. The lowest BCUT2D eigenvalue weighted by Crippen LogP contribution is -2.44. The first kappa shape index (κ1) is 14.4. The van der Waals surface area contributed by atoms with Gasteiger partial charge in [0.2, 0.25) is 0 Å². The highest BCUT2D eigenvalue weighted by molar-refractivity contribution is 6.32. The average Bonchev–Trinajstić information content (AvgIpc) is 2.55. The van der Waals surface area contributed by atoms with E-state index < -0.39 is 0 Å². The molecule has 1 aromatic rings. The summed E-state index contributed by atoms with van der Waals surface area (Å²) in [5.41, 5.74) is 3.35. The van der Waals surface area contributed by atoms with E-state index in [1.165, 1.54) is 12.8 Å². The SMILES string of the molecule is O=C(Nc1cc(Cl)nc(Cl)c1)NN1CCCCCC1. The van der Waals surface area contributed by atoms with Gasteiger partial charge in [0, 0.05) is 18.8 Å². The summed E-state index contributed by atoms with van der Waals surface area (Å²) < 4.78 is 0. The fourth-order valence-corrected chi connectivity index (χ4v) is 2.48. The van der Waals surface area contributed by atoms with E-state index in [0.29, 0.717) is 5.69 Å². The zero-order chi connectivity index (χ0) is 13.7. The van der Waals surface area contributed by atoms with E-state index in [1.807, 2.05) is 5.01 Å². The number of hydrogen-bond donors (Lipinski definition) is 2. The highest BCUT2D eigenvalue weighted by atomic mass is 35.5. The molecular formula is C12H16Cl2N4O. The highest BCUT2D eigenvalue weighted by Gasteiger charge is 2.12. The fourth-order valence-electron chi connectivity index (χ4n) is 2.02. The summed E-state index contributed by atoms with van der Waals surface area (Å²) in [6, 6.07) is 2.81.